The van der Waals surface area contributed by atoms with Crippen molar-refractivity contribution in [2.24, 2.45) is 0 Å². The third-order valence-corrected chi connectivity index (χ3v) is 6.48. The van der Waals surface area contributed by atoms with Gasteiger partial charge in [0.2, 0.25) is 0 Å². The van der Waals surface area contributed by atoms with Crippen molar-refractivity contribution in [1.82, 2.24) is 15.0 Å². The SMILES string of the molecule is CC(C)(O)C#Cc1cccc(COc2cc(-c3cnc(C4CCCN(O)C4)s3)cnc2N)c1. The lowest BCUT2D eigenvalue weighted by molar-refractivity contribution is -0.108. The van der Waals surface area contributed by atoms with Crippen molar-refractivity contribution in [2.75, 3.05) is 18.8 Å². The molecule has 0 radical (unpaired) electrons. The van der Waals surface area contributed by atoms with E-state index in [9.17, 15) is 10.3 Å². The normalized spacial score (nSPS) is 16.8. The number of thiazole rings is 1. The molecular weight excluding hydrogens is 436 g/mol. The van der Waals surface area contributed by atoms with Gasteiger partial charge >= 0.3 is 0 Å². The molecule has 7 nitrogen and oxygen atoms in total. The summed E-state index contributed by atoms with van der Waals surface area (Å²) < 4.78 is 5.98. The van der Waals surface area contributed by atoms with E-state index in [1.54, 1.807) is 31.4 Å². The number of piperidine rings is 1. The predicted molar refractivity (Wildman–Crippen MR) is 129 cm³/mol. The highest BCUT2D eigenvalue weighted by Crippen LogP contribution is 2.35. The second-order valence-electron chi connectivity index (χ2n) is 8.72. The molecule has 4 rings (SSSR count). The predicted octanol–water partition coefficient (Wildman–Crippen LogP) is 4.06. The molecule has 8 heteroatoms. The molecule has 3 aromatic rings. The number of anilines is 1. The van der Waals surface area contributed by atoms with Gasteiger partial charge in [0.05, 0.1) is 9.88 Å². The van der Waals surface area contributed by atoms with E-state index >= 15 is 0 Å². The van der Waals surface area contributed by atoms with E-state index in [-0.39, 0.29) is 5.92 Å². The van der Waals surface area contributed by atoms with Gasteiger partial charge in [-0.3, -0.25) is 0 Å². The van der Waals surface area contributed by atoms with Gasteiger partial charge in [0.1, 0.15) is 12.2 Å². The van der Waals surface area contributed by atoms with Crippen molar-refractivity contribution < 1.29 is 15.1 Å². The highest BCUT2D eigenvalue weighted by Gasteiger charge is 2.23. The number of ether oxygens (including phenoxy) is 1. The lowest BCUT2D eigenvalue weighted by Gasteiger charge is -2.26. The number of pyridine rings is 1. The van der Waals surface area contributed by atoms with Gasteiger partial charge in [-0.15, -0.1) is 11.3 Å². The Kier molecular flexibility index (Phi) is 6.96. The molecular formula is C25H28N4O3S. The number of aromatic nitrogens is 2. The number of nitrogens with two attached hydrogens (primary N) is 1. The van der Waals surface area contributed by atoms with Gasteiger partial charge in [0.15, 0.2) is 11.6 Å². The maximum absolute atomic E-state index is 9.82. The molecule has 0 aliphatic carbocycles. The van der Waals surface area contributed by atoms with Gasteiger partial charge in [-0.05, 0) is 50.5 Å². The van der Waals surface area contributed by atoms with Crippen LogP contribution in [0.5, 0.6) is 5.75 Å². The first kappa shape index (κ1) is 23.2. The molecule has 1 atom stereocenters. The van der Waals surface area contributed by atoms with Crippen molar-refractivity contribution >= 4 is 17.2 Å². The Morgan fingerprint density at radius 3 is 2.91 bits per heavy atom. The second kappa shape index (κ2) is 9.89. The molecule has 0 bridgehead atoms. The van der Waals surface area contributed by atoms with Gasteiger partial charge in [-0.1, -0.05) is 24.0 Å². The van der Waals surface area contributed by atoms with Crippen molar-refractivity contribution in [3.63, 3.8) is 0 Å². The average Bonchev–Trinajstić information content (AvgIpc) is 3.27. The molecule has 4 N–H and O–H groups in total. The summed E-state index contributed by atoms with van der Waals surface area (Å²) in [6, 6.07) is 9.56. The van der Waals surface area contributed by atoms with Gasteiger partial charge in [0.25, 0.3) is 0 Å². The van der Waals surface area contributed by atoms with Gasteiger partial charge in [-0.2, -0.15) is 5.06 Å². The Bertz CT molecular complexity index is 1180. The number of nitrogens with zero attached hydrogens (tertiary/aromatic N) is 3. The Hall–Kier alpha value is -2.96. The second-order valence-corrected chi connectivity index (χ2v) is 9.78. The van der Waals surface area contributed by atoms with Crippen LogP contribution in [-0.4, -0.2) is 44.0 Å². The summed E-state index contributed by atoms with van der Waals surface area (Å²) in [6.45, 7) is 4.94. The minimum absolute atomic E-state index is 0.242. The van der Waals surface area contributed by atoms with Crippen LogP contribution in [-0.2, 0) is 6.61 Å². The van der Waals surface area contributed by atoms with Crippen molar-refractivity contribution in [3.05, 3.63) is 58.9 Å². The van der Waals surface area contributed by atoms with E-state index in [0.29, 0.717) is 31.3 Å². The maximum atomic E-state index is 9.82. The summed E-state index contributed by atoms with van der Waals surface area (Å²) in [7, 11) is 0. The first-order valence-corrected chi connectivity index (χ1v) is 11.7. The Morgan fingerprint density at radius 2 is 2.12 bits per heavy atom. The monoisotopic (exact) mass is 464 g/mol. The fourth-order valence-electron chi connectivity index (χ4n) is 3.60. The summed E-state index contributed by atoms with van der Waals surface area (Å²) in [4.78, 5) is 9.89. The third kappa shape index (κ3) is 6.30. The van der Waals surface area contributed by atoms with Gasteiger partial charge in [0, 0.05) is 42.5 Å². The zero-order valence-electron chi connectivity index (χ0n) is 18.8. The van der Waals surface area contributed by atoms with Crippen LogP contribution in [0.15, 0.2) is 42.7 Å². The fourth-order valence-corrected chi connectivity index (χ4v) is 4.62. The van der Waals surface area contributed by atoms with E-state index < -0.39 is 5.60 Å². The Morgan fingerprint density at radius 1 is 1.27 bits per heavy atom. The maximum Gasteiger partial charge on any atom is 0.166 e. The number of hydrogen-bond acceptors (Lipinski definition) is 8. The summed E-state index contributed by atoms with van der Waals surface area (Å²) in [5.74, 6) is 6.87. The first-order chi connectivity index (χ1) is 15.8. The van der Waals surface area contributed by atoms with E-state index in [1.807, 2.05) is 36.5 Å². The molecule has 0 spiro atoms. The number of rotatable bonds is 5. The first-order valence-electron chi connectivity index (χ1n) is 10.9. The molecule has 1 saturated heterocycles. The number of hydroxylamine groups is 2. The highest BCUT2D eigenvalue weighted by molar-refractivity contribution is 7.15. The Labute approximate surface area is 197 Å². The van der Waals surface area contributed by atoms with Crippen LogP contribution in [0.2, 0.25) is 0 Å². The molecule has 1 fully saturated rings. The molecule has 172 valence electrons. The van der Waals surface area contributed by atoms with E-state index in [0.717, 1.165) is 39.4 Å². The molecule has 1 aromatic carbocycles. The van der Waals surface area contributed by atoms with Crippen LogP contribution in [0.25, 0.3) is 10.4 Å². The lowest BCUT2D eigenvalue weighted by Crippen LogP contribution is -2.31. The molecule has 1 unspecified atom stereocenters. The summed E-state index contributed by atoms with van der Waals surface area (Å²) in [5, 5.41) is 22.0. The molecule has 3 heterocycles. The van der Waals surface area contributed by atoms with E-state index in [2.05, 4.69) is 21.8 Å². The minimum atomic E-state index is -1.04. The van der Waals surface area contributed by atoms with E-state index in [1.165, 1.54) is 5.06 Å². The molecule has 2 aromatic heterocycles. The lowest BCUT2D eigenvalue weighted by atomic mass is 10.0. The summed E-state index contributed by atoms with van der Waals surface area (Å²) in [5.41, 5.74) is 7.66. The largest absolute Gasteiger partial charge is 0.485 e. The van der Waals surface area contributed by atoms with Gasteiger partial charge < -0.3 is 20.8 Å². The average molecular weight is 465 g/mol. The van der Waals surface area contributed by atoms with Crippen LogP contribution < -0.4 is 10.5 Å². The fraction of sp³-hybridized carbons (Fsp3) is 0.360. The zero-order chi connectivity index (χ0) is 23.4. The van der Waals surface area contributed by atoms with E-state index in [4.69, 9.17) is 10.5 Å². The molecule has 0 saturated carbocycles. The standard InChI is InChI=1S/C25H28N4O3S/c1-25(2,30)9-8-17-5-3-6-18(11-17)16-32-21-12-20(13-27-23(21)26)22-14-28-24(33-22)19-7-4-10-29(31)15-19/h3,5-6,11-14,19,30-31H,4,7,10,15-16H2,1-2H3,(H2,26,27). The summed E-state index contributed by atoms with van der Waals surface area (Å²) >= 11 is 1.61. The van der Waals surface area contributed by atoms with Crippen LogP contribution in [0, 0.1) is 11.8 Å². The smallest absolute Gasteiger partial charge is 0.166 e. The molecule has 1 aliphatic rings. The number of hydrogen-bond donors (Lipinski definition) is 3. The van der Waals surface area contributed by atoms with Crippen LogP contribution in [0.3, 0.4) is 0 Å². The quantitative estimate of drug-likeness (QED) is 0.489. The zero-order valence-corrected chi connectivity index (χ0v) is 19.6. The third-order valence-electron chi connectivity index (χ3n) is 5.27. The topological polar surface area (TPSA) is 105 Å². The number of aliphatic hydroxyl groups is 1. The molecule has 33 heavy (non-hydrogen) atoms. The highest BCUT2D eigenvalue weighted by atomic mass is 32.1. The van der Waals surface area contributed by atoms with Crippen LogP contribution in [0.4, 0.5) is 5.82 Å². The number of benzene rings is 1. The van der Waals surface area contributed by atoms with Crippen LogP contribution >= 0.6 is 11.3 Å². The van der Waals surface area contributed by atoms with Crippen molar-refractivity contribution in [1.29, 1.82) is 0 Å². The summed E-state index contributed by atoms with van der Waals surface area (Å²) in [6.07, 6.45) is 5.56. The van der Waals surface area contributed by atoms with Crippen molar-refractivity contribution in [3.8, 4) is 28.0 Å². The minimum Gasteiger partial charge on any atom is -0.485 e. The number of nitrogen functional groups attached to an aromatic ring is 1. The Balaban J connectivity index is 1.47. The van der Waals surface area contributed by atoms with Crippen molar-refractivity contribution in [2.45, 2.75) is 44.8 Å². The molecule has 1 aliphatic heterocycles. The van der Waals surface area contributed by atoms with Gasteiger partial charge in [-0.25, -0.2) is 9.97 Å². The molecule has 0 amide bonds. The van der Waals surface area contributed by atoms with Crippen LogP contribution in [0.1, 0.15) is 48.7 Å².